The Morgan fingerprint density at radius 3 is 2.59 bits per heavy atom. The second-order valence-corrected chi connectivity index (χ2v) is 9.98. The van der Waals surface area contributed by atoms with E-state index in [4.69, 9.17) is 5.73 Å². The third kappa shape index (κ3) is 4.19. The minimum atomic E-state index is -4.67. The molecule has 2 aromatic carbocycles. The first-order valence-corrected chi connectivity index (χ1v) is 12.3. The molecule has 6 rings (SSSR count). The Morgan fingerprint density at radius 1 is 1.10 bits per heavy atom. The number of hydrogen-bond donors (Lipinski definition) is 1. The Balaban J connectivity index is 1.34. The lowest BCUT2D eigenvalue weighted by molar-refractivity contribution is -0.137. The van der Waals surface area contributed by atoms with Crippen LogP contribution in [0.4, 0.5) is 33.5 Å². The molecule has 2 aliphatic heterocycles. The highest BCUT2D eigenvalue weighted by Crippen LogP contribution is 2.41. The predicted molar refractivity (Wildman–Crippen MR) is 135 cm³/mol. The SMILES string of the molecule is CN1CC(n2cc(-c3ccc4c(c3F)CCN4C(=O)Cc3cc(C(F)(F)F)ccc3F)c3c(N)ncnc32)C1. The quantitative estimate of drug-likeness (QED) is 0.382. The fourth-order valence-corrected chi connectivity index (χ4v) is 5.49. The minimum absolute atomic E-state index is 0.122. The van der Waals surface area contributed by atoms with Crippen molar-refractivity contribution in [1.29, 1.82) is 0 Å². The summed E-state index contributed by atoms with van der Waals surface area (Å²) in [7, 11) is 2.00. The van der Waals surface area contributed by atoms with Crippen molar-refractivity contribution in [3.63, 3.8) is 0 Å². The van der Waals surface area contributed by atoms with Crippen LogP contribution in [0.3, 0.4) is 0 Å². The van der Waals surface area contributed by atoms with E-state index in [9.17, 15) is 22.4 Å². The second kappa shape index (κ2) is 9.01. The fourth-order valence-electron chi connectivity index (χ4n) is 5.49. The normalized spacial score (nSPS) is 16.1. The molecule has 2 aliphatic rings. The largest absolute Gasteiger partial charge is 0.416 e. The molecule has 0 radical (unpaired) electrons. The summed E-state index contributed by atoms with van der Waals surface area (Å²) in [6.07, 6.45) is -1.86. The van der Waals surface area contributed by atoms with Gasteiger partial charge in [-0.25, -0.2) is 18.7 Å². The van der Waals surface area contributed by atoms with Crippen molar-refractivity contribution in [2.75, 3.05) is 37.3 Å². The van der Waals surface area contributed by atoms with Crippen molar-refractivity contribution < 1.29 is 26.7 Å². The number of carbonyl (C=O) groups excluding carboxylic acids is 1. The van der Waals surface area contributed by atoms with Crippen molar-refractivity contribution in [2.24, 2.45) is 0 Å². The van der Waals surface area contributed by atoms with E-state index in [2.05, 4.69) is 14.9 Å². The first kappa shape index (κ1) is 25.2. The molecule has 7 nitrogen and oxygen atoms in total. The predicted octanol–water partition coefficient (Wildman–Crippen LogP) is 4.60. The van der Waals surface area contributed by atoms with Gasteiger partial charge < -0.3 is 20.1 Å². The van der Waals surface area contributed by atoms with Gasteiger partial charge in [-0.15, -0.1) is 0 Å². The maximum absolute atomic E-state index is 16.0. The number of anilines is 2. The third-order valence-electron chi connectivity index (χ3n) is 7.48. The summed E-state index contributed by atoms with van der Waals surface area (Å²) in [4.78, 5) is 25.0. The van der Waals surface area contributed by atoms with Crippen LogP contribution in [0.15, 0.2) is 42.9 Å². The highest BCUT2D eigenvalue weighted by molar-refractivity contribution is 6.02. The monoisotopic (exact) mass is 542 g/mol. The molecule has 1 saturated heterocycles. The highest BCUT2D eigenvalue weighted by atomic mass is 19.4. The molecule has 1 fully saturated rings. The van der Waals surface area contributed by atoms with Gasteiger partial charge in [0.25, 0.3) is 0 Å². The van der Waals surface area contributed by atoms with Crippen LogP contribution < -0.4 is 10.6 Å². The van der Waals surface area contributed by atoms with Crippen molar-refractivity contribution in [1.82, 2.24) is 19.4 Å². The van der Waals surface area contributed by atoms with Crippen molar-refractivity contribution in [2.45, 2.75) is 25.1 Å². The standard InChI is InChI=1S/C27H23F5N6O/c1-36-10-16(11-36)38-12-19(23-25(33)34-13-35-26(23)38)17-3-5-21-18(24(17)29)6-7-37(21)22(39)9-14-8-15(27(30,31)32)2-4-20(14)28/h2-5,8,12-13,16H,6-7,9-11H2,1H3,(H2,33,34,35). The number of amides is 1. The Hall–Kier alpha value is -4.06. The maximum atomic E-state index is 16.0. The molecule has 12 heteroatoms. The number of nitrogens with zero attached hydrogens (tertiary/aromatic N) is 5. The number of likely N-dealkylation sites (N-methyl/N-ethyl adjacent to an activating group) is 1. The summed E-state index contributed by atoms with van der Waals surface area (Å²) in [5.74, 6) is -1.84. The van der Waals surface area contributed by atoms with E-state index in [1.54, 1.807) is 12.1 Å². The average Bonchev–Trinajstić information content (AvgIpc) is 3.46. The van der Waals surface area contributed by atoms with Crippen LogP contribution in [0.25, 0.3) is 22.2 Å². The Labute approximate surface area is 219 Å². The maximum Gasteiger partial charge on any atom is 0.416 e. The van der Waals surface area contributed by atoms with Gasteiger partial charge in [0.15, 0.2) is 0 Å². The zero-order chi connectivity index (χ0) is 27.6. The van der Waals surface area contributed by atoms with Crippen LogP contribution in [0, 0.1) is 11.6 Å². The van der Waals surface area contributed by atoms with Gasteiger partial charge in [0.05, 0.1) is 23.4 Å². The summed E-state index contributed by atoms with van der Waals surface area (Å²) in [6, 6.07) is 5.26. The Morgan fingerprint density at radius 2 is 1.87 bits per heavy atom. The number of halogens is 5. The number of aromatic nitrogens is 3. The molecule has 4 heterocycles. The van der Waals surface area contributed by atoms with E-state index in [1.165, 1.54) is 11.2 Å². The smallest absolute Gasteiger partial charge is 0.383 e. The molecule has 2 aromatic heterocycles. The van der Waals surface area contributed by atoms with E-state index in [0.29, 0.717) is 46.0 Å². The van der Waals surface area contributed by atoms with Gasteiger partial charge in [0.1, 0.15) is 29.4 Å². The molecule has 0 bridgehead atoms. The number of nitrogens with two attached hydrogens (primary N) is 1. The van der Waals surface area contributed by atoms with E-state index < -0.39 is 35.7 Å². The number of hydrogen-bond acceptors (Lipinski definition) is 5. The molecule has 0 unspecified atom stereocenters. The van der Waals surface area contributed by atoms with Gasteiger partial charge in [0, 0.05) is 48.2 Å². The minimum Gasteiger partial charge on any atom is -0.383 e. The lowest BCUT2D eigenvalue weighted by atomic mass is 10.0. The fraction of sp³-hybridized carbons (Fsp3) is 0.296. The summed E-state index contributed by atoms with van der Waals surface area (Å²) in [5, 5.41) is 0.539. The van der Waals surface area contributed by atoms with E-state index in [-0.39, 0.29) is 36.0 Å². The average molecular weight is 543 g/mol. The van der Waals surface area contributed by atoms with Gasteiger partial charge in [-0.05, 0) is 49.4 Å². The van der Waals surface area contributed by atoms with E-state index >= 15 is 4.39 Å². The zero-order valence-electron chi connectivity index (χ0n) is 20.8. The molecule has 202 valence electrons. The molecule has 0 aliphatic carbocycles. The van der Waals surface area contributed by atoms with Crippen LogP contribution in [-0.2, 0) is 23.8 Å². The second-order valence-electron chi connectivity index (χ2n) is 9.98. The Bertz CT molecular complexity index is 1630. The lowest BCUT2D eigenvalue weighted by Gasteiger charge is -2.37. The Kier molecular flexibility index (Phi) is 5.83. The molecule has 0 saturated carbocycles. The number of fused-ring (bicyclic) bond motifs is 2. The van der Waals surface area contributed by atoms with Crippen LogP contribution in [0.1, 0.15) is 22.7 Å². The van der Waals surface area contributed by atoms with Crippen LogP contribution in [-0.4, -0.2) is 52.0 Å². The topological polar surface area (TPSA) is 80.3 Å². The molecular formula is C27H23F5N6O. The summed E-state index contributed by atoms with van der Waals surface area (Å²) < 4.78 is 71.5. The highest BCUT2D eigenvalue weighted by Gasteiger charge is 2.34. The van der Waals surface area contributed by atoms with Gasteiger partial charge in [0.2, 0.25) is 5.91 Å². The molecule has 2 N–H and O–H groups in total. The van der Waals surface area contributed by atoms with Crippen molar-refractivity contribution >= 4 is 28.4 Å². The van der Waals surface area contributed by atoms with Gasteiger partial charge in [-0.1, -0.05) is 0 Å². The zero-order valence-corrected chi connectivity index (χ0v) is 20.8. The lowest BCUT2D eigenvalue weighted by Crippen LogP contribution is -2.44. The van der Waals surface area contributed by atoms with E-state index in [0.717, 1.165) is 13.1 Å². The molecule has 39 heavy (non-hydrogen) atoms. The van der Waals surface area contributed by atoms with Crippen LogP contribution in [0.2, 0.25) is 0 Å². The number of nitrogen functional groups attached to an aromatic ring is 1. The third-order valence-corrected chi connectivity index (χ3v) is 7.48. The van der Waals surface area contributed by atoms with Crippen LogP contribution in [0.5, 0.6) is 0 Å². The summed E-state index contributed by atoms with van der Waals surface area (Å²) >= 11 is 0. The molecule has 4 aromatic rings. The number of benzene rings is 2. The first-order valence-electron chi connectivity index (χ1n) is 12.3. The number of alkyl halides is 3. The molecular weight excluding hydrogens is 519 g/mol. The summed E-state index contributed by atoms with van der Waals surface area (Å²) in [5.41, 5.74) is 6.81. The van der Waals surface area contributed by atoms with E-state index in [1.807, 2.05) is 17.8 Å². The van der Waals surface area contributed by atoms with Crippen LogP contribution >= 0.6 is 0 Å². The molecule has 0 spiro atoms. The van der Waals surface area contributed by atoms with Gasteiger partial charge >= 0.3 is 6.18 Å². The van der Waals surface area contributed by atoms with Gasteiger partial charge in [-0.3, -0.25) is 4.79 Å². The van der Waals surface area contributed by atoms with Crippen molar-refractivity contribution in [3.05, 3.63) is 71.2 Å². The number of carbonyl (C=O) groups is 1. The summed E-state index contributed by atoms with van der Waals surface area (Å²) in [6.45, 7) is 1.74. The first-order chi connectivity index (χ1) is 18.5. The molecule has 0 atom stereocenters. The number of likely N-dealkylation sites (tertiary alicyclic amines) is 1. The van der Waals surface area contributed by atoms with Crippen molar-refractivity contribution in [3.8, 4) is 11.1 Å². The molecule has 1 amide bonds. The number of rotatable bonds is 4. The van der Waals surface area contributed by atoms with Gasteiger partial charge in [-0.2, -0.15) is 13.2 Å².